The summed E-state index contributed by atoms with van der Waals surface area (Å²) >= 11 is 4.89. The van der Waals surface area contributed by atoms with Gasteiger partial charge in [-0.15, -0.1) is 0 Å². The molecule has 7 heteroatoms. The van der Waals surface area contributed by atoms with Crippen LogP contribution in [-0.4, -0.2) is 9.97 Å². The van der Waals surface area contributed by atoms with Crippen LogP contribution in [0, 0.1) is 6.92 Å². The van der Waals surface area contributed by atoms with E-state index in [9.17, 15) is 13.2 Å². The van der Waals surface area contributed by atoms with E-state index in [1.54, 1.807) is 18.2 Å². The number of benzene rings is 1. The third-order valence-corrected chi connectivity index (χ3v) is 3.10. The SMILES string of the molecule is Cc1ccc(Nc2ncccc2C(N)=S)cc1C(F)(F)F. The van der Waals surface area contributed by atoms with Crippen molar-refractivity contribution < 1.29 is 13.2 Å². The summed E-state index contributed by atoms with van der Waals surface area (Å²) in [6.45, 7) is 1.41. The molecule has 1 aromatic heterocycles. The lowest BCUT2D eigenvalue weighted by Crippen LogP contribution is -2.13. The van der Waals surface area contributed by atoms with Crippen LogP contribution in [0.3, 0.4) is 0 Å². The minimum Gasteiger partial charge on any atom is -0.389 e. The molecule has 0 bridgehead atoms. The Kier molecular flexibility index (Phi) is 4.13. The Morgan fingerprint density at radius 1 is 1.29 bits per heavy atom. The highest BCUT2D eigenvalue weighted by Crippen LogP contribution is 2.34. The van der Waals surface area contributed by atoms with Gasteiger partial charge in [0, 0.05) is 11.9 Å². The van der Waals surface area contributed by atoms with Gasteiger partial charge in [0.25, 0.3) is 0 Å². The molecule has 21 heavy (non-hydrogen) atoms. The van der Waals surface area contributed by atoms with Crippen molar-refractivity contribution in [2.45, 2.75) is 13.1 Å². The molecule has 0 amide bonds. The molecule has 2 aromatic rings. The van der Waals surface area contributed by atoms with Crippen molar-refractivity contribution in [2.75, 3.05) is 5.32 Å². The smallest absolute Gasteiger partial charge is 0.389 e. The quantitative estimate of drug-likeness (QED) is 0.847. The third-order valence-electron chi connectivity index (χ3n) is 2.88. The minimum absolute atomic E-state index is 0.119. The van der Waals surface area contributed by atoms with Crippen LogP contribution >= 0.6 is 12.2 Å². The van der Waals surface area contributed by atoms with Gasteiger partial charge in [0.1, 0.15) is 10.8 Å². The normalized spacial score (nSPS) is 11.2. The van der Waals surface area contributed by atoms with Crippen LogP contribution in [0.15, 0.2) is 36.5 Å². The van der Waals surface area contributed by atoms with E-state index in [1.807, 2.05) is 0 Å². The second-order valence-corrected chi connectivity index (χ2v) is 4.86. The molecule has 3 N–H and O–H groups in total. The maximum absolute atomic E-state index is 12.9. The van der Waals surface area contributed by atoms with Crippen LogP contribution in [0.4, 0.5) is 24.7 Å². The zero-order chi connectivity index (χ0) is 15.6. The van der Waals surface area contributed by atoms with Gasteiger partial charge >= 0.3 is 6.18 Å². The fourth-order valence-electron chi connectivity index (χ4n) is 1.85. The summed E-state index contributed by atoms with van der Waals surface area (Å²) in [7, 11) is 0. The number of nitrogens with zero attached hydrogens (tertiary/aromatic N) is 1. The van der Waals surface area contributed by atoms with Gasteiger partial charge in [0.15, 0.2) is 0 Å². The van der Waals surface area contributed by atoms with Crippen molar-refractivity contribution in [3.63, 3.8) is 0 Å². The molecule has 0 spiro atoms. The summed E-state index contributed by atoms with van der Waals surface area (Å²) in [5.74, 6) is 0.321. The molecule has 0 saturated heterocycles. The topological polar surface area (TPSA) is 50.9 Å². The number of pyridine rings is 1. The van der Waals surface area contributed by atoms with Gasteiger partial charge in [-0.25, -0.2) is 4.98 Å². The van der Waals surface area contributed by atoms with E-state index in [0.29, 0.717) is 11.4 Å². The Balaban J connectivity index is 2.40. The molecule has 0 aliphatic carbocycles. The zero-order valence-corrected chi connectivity index (χ0v) is 11.8. The highest BCUT2D eigenvalue weighted by molar-refractivity contribution is 7.80. The lowest BCUT2D eigenvalue weighted by Gasteiger charge is -2.14. The van der Waals surface area contributed by atoms with E-state index in [1.165, 1.54) is 19.2 Å². The van der Waals surface area contributed by atoms with Crippen LogP contribution in [0.25, 0.3) is 0 Å². The number of rotatable bonds is 3. The molecule has 0 radical (unpaired) electrons. The average molecular weight is 311 g/mol. The second kappa shape index (κ2) is 5.69. The third kappa shape index (κ3) is 3.49. The highest BCUT2D eigenvalue weighted by Gasteiger charge is 2.32. The molecular weight excluding hydrogens is 299 g/mol. The zero-order valence-electron chi connectivity index (χ0n) is 11.0. The van der Waals surface area contributed by atoms with Crippen molar-refractivity contribution in [3.8, 4) is 0 Å². The standard InChI is InChI=1S/C14H12F3N3S/c1-8-4-5-9(7-11(8)14(15,16)17)20-13-10(12(18)21)3-2-6-19-13/h2-7H,1H3,(H2,18,21)(H,19,20). The molecule has 1 heterocycles. The summed E-state index contributed by atoms with van der Waals surface area (Å²) in [5, 5.41) is 2.81. The van der Waals surface area contributed by atoms with Crippen LogP contribution in [0.1, 0.15) is 16.7 Å². The van der Waals surface area contributed by atoms with Gasteiger partial charge in [-0.1, -0.05) is 18.3 Å². The monoisotopic (exact) mass is 311 g/mol. The number of thiocarbonyl (C=S) groups is 1. The fraction of sp³-hybridized carbons (Fsp3) is 0.143. The van der Waals surface area contributed by atoms with Gasteiger partial charge < -0.3 is 11.1 Å². The number of nitrogens with two attached hydrogens (primary N) is 1. The number of aromatic nitrogens is 1. The number of alkyl halides is 3. The number of aryl methyl sites for hydroxylation is 1. The fourth-order valence-corrected chi connectivity index (χ4v) is 2.01. The number of halogens is 3. The van der Waals surface area contributed by atoms with Gasteiger partial charge in [0.2, 0.25) is 0 Å². The Morgan fingerprint density at radius 3 is 2.62 bits per heavy atom. The molecule has 0 unspecified atom stereocenters. The van der Waals surface area contributed by atoms with E-state index in [4.69, 9.17) is 18.0 Å². The van der Waals surface area contributed by atoms with E-state index in [-0.39, 0.29) is 16.2 Å². The van der Waals surface area contributed by atoms with Crippen LogP contribution < -0.4 is 11.1 Å². The minimum atomic E-state index is -4.40. The first-order valence-electron chi connectivity index (χ1n) is 5.98. The first kappa shape index (κ1) is 15.2. The lowest BCUT2D eigenvalue weighted by atomic mass is 10.1. The van der Waals surface area contributed by atoms with E-state index in [2.05, 4.69) is 10.3 Å². The van der Waals surface area contributed by atoms with E-state index >= 15 is 0 Å². The first-order chi connectivity index (χ1) is 9.79. The van der Waals surface area contributed by atoms with Crippen LogP contribution in [-0.2, 0) is 6.18 Å². The Hall–Kier alpha value is -2.15. The molecule has 0 fully saturated rings. The molecule has 3 nitrogen and oxygen atoms in total. The number of hydrogen-bond acceptors (Lipinski definition) is 3. The van der Waals surface area contributed by atoms with E-state index < -0.39 is 11.7 Å². The van der Waals surface area contributed by atoms with Gasteiger partial charge in [-0.05, 0) is 36.8 Å². The van der Waals surface area contributed by atoms with Crippen molar-refractivity contribution in [1.82, 2.24) is 4.98 Å². The van der Waals surface area contributed by atoms with Crippen molar-refractivity contribution >= 4 is 28.7 Å². The maximum Gasteiger partial charge on any atom is 0.416 e. The van der Waals surface area contributed by atoms with Crippen molar-refractivity contribution in [2.24, 2.45) is 5.73 Å². The largest absolute Gasteiger partial charge is 0.416 e. The summed E-state index contributed by atoms with van der Waals surface area (Å²) in [5.41, 5.74) is 5.77. The Morgan fingerprint density at radius 2 is 2.00 bits per heavy atom. The number of anilines is 2. The second-order valence-electron chi connectivity index (χ2n) is 4.42. The molecule has 0 saturated carbocycles. The van der Waals surface area contributed by atoms with Crippen molar-refractivity contribution in [3.05, 3.63) is 53.2 Å². The molecular formula is C14H12F3N3S. The Bertz CT molecular complexity index is 683. The summed E-state index contributed by atoms with van der Waals surface area (Å²) in [4.78, 5) is 4.17. The van der Waals surface area contributed by atoms with Crippen LogP contribution in [0.5, 0.6) is 0 Å². The number of hydrogen-bond donors (Lipinski definition) is 2. The molecule has 0 aliphatic heterocycles. The lowest BCUT2D eigenvalue weighted by molar-refractivity contribution is -0.138. The first-order valence-corrected chi connectivity index (χ1v) is 6.39. The summed E-state index contributed by atoms with van der Waals surface area (Å²) < 4.78 is 38.7. The van der Waals surface area contributed by atoms with Crippen molar-refractivity contribution in [1.29, 1.82) is 0 Å². The van der Waals surface area contributed by atoms with Gasteiger partial charge in [-0.3, -0.25) is 0 Å². The summed E-state index contributed by atoms with van der Waals surface area (Å²) in [6, 6.07) is 7.27. The van der Waals surface area contributed by atoms with Crippen LogP contribution in [0.2, 0.25) is 0 Å². The number of nitrogens with one attached hydrogen (secondary N) is 1. The maximum atomic E-state index is 12.9. The molecule has 2 rings (SSSR count). The predicted octanol–water partition coefficient (Wildman–Crippen LogP) is 3.79. The highest BCUT2D eigenvalue weighted by atomic mass is 32.1. The molecule has 110 valence electrons. The van der Waals surface area contributed by atoms with E-state index in [0.717, 1.165) is 6.07 Å². The Labute approximate surface area is 125 Å². The predicted molar refractivity (Wildman–Crippen MR) is 79.6 cm³/mol. The summed E-state index contributed by atoms with van der Waals surface area (Å²) in [6.07, 6.45) is -2.90. The molecule has 1 aromatic carbocycles. The molecule has 0 atom stereocenters. The van der Waals surface area contributed by atoms with Gasteiger partial charge in [-0.2, -0.15) is 13.2 Å². The van der Waals surface area contributed by atoms with Gasteiger partial charge in [0.05, 0.1) is 11.1 Å². The average Bonchev–Trinajstić information content (AvgIpc) is 2.40. The molecule has 0 aliphatic rings.